The zero-order valence-electron chi connectivity index (χ0n) is 13.9. The molecule has 1 aliphatic heterocycles. The summed E-state index contributed by atoms with van der Waals surface area (Å²) in [6.07, 6.45) is 1.36. The molecule has 0 radical (unpaired) electrons. The summed E-state index contributed by atoms with van der Waals surface area (Å²) in [7, 11) is 1.59. The van der Waals surface area contributed by atoms with Crippen LogP contribution in [0.2, 0.25) is 0 Å². The van der Waals surface area contributed by atoms with Crippen LogP contribution in [0.5, 0.6) is 0 Å². The van der Waals surface area contributed by atoms with Crippen LogP contribution < -0.4 is 0 Å². The number of ether oxygens (including phenoxy) is 1. The largest absolute Gasteiger partial charge is 0.367 e. The number of hydrogen-bond donors (Lipinski definition) is 1. The molecule has 1 aliphatic rings. The summed E-state index contributed by atoms with van der Waals surface area (Å²) in [6, 6.07) is 9.66. The van der Waals surface area contributed by atoms with Gasteiger partial charge in [-0.05, 0) is 32.3 Å². The first-order chi connectivity index (χ1) is 11.1. The molecule has 1 aromatic carbocycles. The molecule has 1 amide bonds. The average Bonchev–Trinajstić information content (AvgIpc) is 3.16. The van der Waals surface area contributed by atoms with Gasteiger partial charge in [-0.15, -0.1) is 0 Å². The molecule has 122 valence electrons. The van der Waals surface area contributed by atoms with Gasteiger partial charge in [-0.25, -0.2) is 4.98 Å². The van der Waals surface area contributed by atoms with Crippen LogP contribution >= 0.6 is 0 Å². The smallest absolute Gasteiger partial charge is 0.256 e. The predicted molar refractivity (Wildman–Crippen MR) is 87.9 cm³/mol. The highest BCUT2D eigenvalue weighted by molar-refractivity contribution is 5.83. The molecule has 1 unspecified atom stereocenters. The molecule has 1 saturated heterocycles. The van der Waals surface area contributed by atoms with E-state index in [1.165, 1.54) is 0 Å². The lowest BCUT2D eigenvalue weighted by Gasteiger charge is -2.27. The number of carbonyl (C=O) groups is 1. The fourth-order valence-corrected chi connectivity index (χ4v) is 3.21. The molecule has 0 aliphatic carbocycles. The SMILES string of the molecule is CO[C@@H](C(=O)N1CCCC1c1nc(C)c(C)[nH]1)c1ccccc1. The summed E-state index contributed by atoms with van der Waals surface area (Å²) in [6.45, 7) is 4.74. The number of nitrogens with zero attached hydrogens (tertiary/aromatic N) is 2. The van der Waals surface area contributed by atoms with Crippen molar-refractivity contribution in [3.63, 3.8) is 0 Å². The van der Waals surface area contributed by atoms with Crippen LogP contribution in [0.25, 0.3) is 0 Å². The minimum atomic E-state index is -0.561. The van der Waals surface area contributed by atoms with Crippen molar-refractivity contribution < 1.29 is 9.53 Å². The molecule has 1 N–H and O–H groups in total. The number of aromatic nitrogens is 2. The number of benzene rings is 1. The second-order valence-corrected chi connectivity index (χ2v) is 6.05. The number of likely N-dealkylation sites (tertiary alicyclic amines) is 1. The highest BCUT2D eigenvalue weighted by atomic mass is 16.5. The maximum Gasteiger partial charge on any atom is 0.256 e. The van der Waals surface area contributed by atoms with Crippen molar-refractivity contribution in [1.82, 2.24) is 14.9 Å². The Bertz CT molecular complexity index is 661. The highest BCUT2D eigenvalue weighted by Crippen LogP contribution is 2.34. The Labute approximate surface area is 136 Å². The summed E-state index contributed by atoms with van der Waals surface area (Å²) < 4.78 is 5.50. The van der Waals surface area contributed by atoms with Gasteiger partial charge in [0.05, 0.1) is 11.7 Å². The monoisotopic (exact) mass is 313 g/mol. The first kappa shape index (κ1) is 15.7. The second-order valence-electron chi connectivity index (χ2n) is 6.05. The maximum absolute atomic E-state index is 13.0. The van der Waals surface area contributed by atoms with E-state index in [-0.39, 0.29) is 11.9 Å². The third kappa shape index (κ3) is 3.01. The molecule has 1 fully saturated rings. The fraction of sp³-hybridized carbons (Fsp3) is 0.444. The van der Waals surface area contributed by atoms with E-state index >= 15 is 0 Å². The third-order valence-corrected chi connectivity index (χ3v) is 4.56. The van der Waals surface area contributed by atoms with Gasteiger partial charge < -0.3 is 14.6 Å². The first-order valence-corrected chi connectivity index (χ1v) is 8.03. The van der Waals surface area contributed by atoms with Crippen LogP contribution in [-0.4, -0.2) is 34.4 Å². The predicted octanol–water partition coefficient (Wildman–Crippen LogP) is 3.08. The number of H-pyrrole nitrogens is 1. The summed E-state index contributed by atoms with van der Waals surface area (Å²) in [5.74, 6) is 0.890. The molecule has 0 bridgehead atoms. The van der Waals surface area contributed by atoms with Crippen LogP contribution in [0.3, 0.4) is 0 Å². The molecule has 0 saturated carbocycles. The van der Waals surface area contributed by atoms with Gasteiger partial charge in [-0.2, -0.15) is 0 Å². The summed E-state index contributed by atoms with van der Waals surface area (Å²) in [5, 5.41) is 0. The Morgan fingerprint density at radius 1 is 1.35 bits per heavy atom. The lowest BCUT2D eigenvalue weighted by Crippen LogP contribution is -2.35. The molecule has 2 aromatic rings. The van der Waals surface area contributed by atoms with E-state index in [0.717, 1.165) is 42.2 Å². The molecule has 0 spiro atoms. The van der Waals surface area contributed by atoms with Gasteiger partial charge in [0.25, 0.3) is 5.91 Å². The summed E-state index contributed by atoms with van der Waals surface area (Å²) in [4.78, 5) is 22.8. The molecule has 3 rings (SSSR count). The maximum atomic E-state index is 13.0. The van der Waals surface area contributed by atoms with E-state index in [4.69, 9.17) is 4.74 Å². The van der Waals surface area contributed by atoms with E-state index in [9.17, 15) is 4.79 Å². The van der Waals surface area contributed by atoms with Gasteiger partial charge >= 0.3 is 0 Å². The molecule has 2 heterocycles. The van der Waals surface area contributed by atoms with E-state index in [2.05, 4.69) is 9.97 Å². The number of amides is 1. The Morgan fingerprint density at radius 3 is 2.70 bits per heavy atom. The van der Waals surface area contributed by atoms with Gasteiger partial charge in [0.1, 0.15) is 5.82 Å². The van der Waals surface area contributed by atoms with Crippen LogP contribution in [0.15, 0.2) is 30.3 Å². The number of carbonyl (C=O) groups excluding carboxylic acids is 1. The molecule has 5 heteroatoms. The first-order valence-electron chi connectivity index (χ1n) is 8.03. The summed E-state index contributed by atoms with van der Waals surface area (Å²) >= 11 is 0. The zero-order valence-corrected chi connectivity index (χ0v) is 13.9. The van der Waals surface area contributed by atoms with Crippen molar-refractivity contribution in [2.75, 3.05) is 13.7 Å². The average molecular weight is 313 g/mol. The quantitative estimate of drug-likeness (QED) is 0.943. The van der Waals surface area contributed by atoms with Crippen LogP contribution in [0, 0.1) is 13.8 Å². The van der Waals surface area contributed by atoms with Crippen molar-refractivity contribution in [1.29, 1.82) is 0 Å². The highest BCUT2D eigenvalue weighted by Gasteiger charge is 2.36. The zero-order chi connectivity index (χ0) is 16.4. The third-order valence-electron chi connectivity index (χ3n) is 4.56. The van der Waals surface area contributed by atoms with Crippen molar-refractivity contribution in [2.45, 2.75) is 38.8 Å². The summed E-state index contributed by atoms with van der Waals surface area (Å²) in [5.41, 5.74) is 2.94. The lowest BCUT2D eigenvalue weighted by atomic mass is 10.1. The van der Waals surface area contributed by atoms with Crippen molar-refractivity contribution in [2.24, 2.45) is 0 Å². The number of hydrogen-bond acceptors (Lipinski definition) is 3. The van der Waals surface area contributed by atoms with Gasteiger partial charge in [-0.1, -0.05) is 30.3 Å². The lowest BCUT2D eigenvalue weighted by molar-refractivity contribution is -0.143. The topological polar surface area (TPSA) is 58.2 Å². The number of methoxy groups -OCH3 is 1. The molecular weight excluding hydrogens is 290 g/mol. The van der Waals surface area contributed by atoms with Gasteiger partial charge in [0.2, 0.25) is 0 Å². The Morgan fingerprint density at radius 2 is 2.09 bits per heavy atom. The van der Waals surface area contributed by atoms with Gasteiger partial charge in [0.15, 0.2) is 6.10 Å². The Hall–Kier alpha value is -2.14. The molecule has 1 aromatic heterocycles. The Kier molecular flexibility index (Phi) is 4.48. The van der Waals surface area contributed by atoms with E-state index in [1.807, 2.05) is 49.1 Å². The number of imidazole rings is 1. The minimum absolute atomic E-state index is 0.00732. The molecule has 2 atom stereocenters. The van der Waals surface area contributed by atoms with Crippen molar-refractivity contribution in [3.8, 4) is 0 Å². The normalized spacial score (nSPS) is 19.1. The number of rotatable bonds is 4. The van der Waals surface area contributed by atoms with Crippen LogP contribution in [-0.2, 0) is 9.53 Å². The Balaban J connectivity index is 1.85. The van der Waals surface area contributed by atoms with Crippen LogP contribution in [0.4, 0.5) is 0 Å². The van der Waals surface area contributed by atoms with E-state index < -0.39 is 6.10 Å². The van der Waals surface area contributed by atoms with E-state index in [1.54, 1.807) is 7.11 Å². The minimum Gasteiger partial charge on any atom is -0.367 e. The molecule has 5 nitrogen and oxygen atoms in total. The number of nitrogens with one attached hydrogen (secondary N) is 1. The van der Waals surface area contributed by atoms with Crippen molar-refractivity contribution in [3.05, 3.63) is 53.1 Å². The van der Waals surface area contributed by atoms with Gasteiger partial charge in [0, 0.05) is 19.3 Å². The molecule has 23 heavy (non-hydrogen) atoms. The number of aryl methyl sites for hydroxylation is 2. The van der Waals surface area contributed by atoms with E-state index in [0.29, 0.717) is 0 Å². The fourth-order valence-electron chi connectivity index (χ4n) is 3.21. The number of aromatic amines is 1. The standard InChI is InChI=1S/C18H23N3O2/c1-12-13(2)20-17(19-12)15-10-7-11-21(15)18(22)16(23-3)14-8-5-4-6-9-14/h4-6,8-9,15-16H,7,10-11H2,1-3H3,(H,19,20)/t15?,16-/m1/s1. The van der Waals surface area contributed by atoms with Gasteiger partial charge in [-0.3, -0.25) is 4.79 Å². The second kappa shape index (κ2) is 6.54. The molecular formula is C18H23N3O2. The van der Waals surface area contributed by atoms with Crippen molar-refractivity contribution >= 4 is 5.91 Å². The van der Waals surface area contributed by atoms with Crippen LogP contribution in [0.1, 0.15) is 47.8 Å².